The Morgan fingerprint density at radius 1 is 1.25 bits per heavy atom. The first-order valence-corrected chi connectivity index (χ1v) is 7.18. The number of nitrogen functional groups attached to an aromatic ring is 1. The third kappa shape index (κ3) is 2.41. The molecular formula is C10H13ClN2O2S. The Bertz CT molecular complexity index is 488. The van der Waals surface area contributed by atoms with Crippen molar-refractivity contribution < 1.29 is 8.42 Å². The second-order valence-corrected chi connectivity index (χ2v) is 6.56. The normalized spacial score (nSPS) is 19.7. The smallest absolute Gasteiger partial charge is 0.153 e. The highest BCUT2D eigenvalue weighted by molar-refractivity contribution is 7.91. The highest BCUT2D eigenvalue weighted by atomic mass is 35.5. The Balaban J connectivity index is 2.17. The first-order valence-electron chi connectivity index (χ1n) is 4.98. The van der Waals surface area contributed by atoms with Crippen LogP contribution in [0, 0.1) is 0 Å². The minimum Gasteiger partial charge on any atom is -0.397 e. The summed E-state index contributed by atoms with van der Waals surface area (Å²) in [7, 11) is -2.84. The molecule has 0 amide bonds. The van der Waals surface area contributed by atoms with Gasteiger partial charge in [-0.25, -0.2) is 8.42 Å². The van der Waals surface area contributed by atoms with Gasteiger partial charge in [0.2, 0.25) is 0 Å². The van der Waals surface area contributed by atoms with Gasteiger partial charge in [0.1, 0.15) is 0 Å². The van der Waals surface area contributed by atoms with Crippen LogP contribution in [0.3, 0.4) is 0 Å². The maximum Gasteiger partial charge on any atom is 0.153 e. The van der Waals surface area contributed by atoms with Crippen LogP contribution in [0.25, 0.3) is 0 Å². The maximum absolute atomic E-state index is 11.3. The maximum atomic E-state index is 11.3. The fourth-order valence-corrected chi connectivity index (χ4v) is 3.02. The standard InChI is InChI=1S/C10H13ClN2O2S/c11-9-2-1-8(7-10(9)12)13-3-5-16(14,15)6-4-13/h1-2,7H,3-6,12H2. The number of anilines is 2. The lowest BCUT2D eigenvalue weighted by Gasteiger charge is -2.29. The average molecular weight is 261 g/mol. The number of rotatable bonds is 1. The Morgan fingerprint density at radius 2 is 1.88 bits per heavy atom. The zero-order valence-electron chi connectivity index (χ0n) is 8.69. The molecule has 0 bridgehead atoms. The molecule has 0 saturated carbocycles. The molecule has 1 aliphatic rings. The van der Waals surface area contributed by atoms with Crippen molar-refractivity contribution in [2.24, 2.45) is 0 Å². The molecule has 1 saturated heterocycles. The lowest BCUT2D eigenvalue weighted by Crippen LogP contribution is -2.40. The predicted octanol–water partition coefficient (Wildman–Crippen LogP) is 1.16. The van der Waals surface area contributed by atoms with E-state index in [9.17, 15) is 8.42 Å². The van der Waals surface area contributed by atoms with Crippen molar-refractivity contribution in [3.8, 4) is 0 Å². The van der Waals surface area contributed by atoms with Crippen LogP contribution in [-0.4, -0.2) is 33.0 Å². The molecule has 0 aromatic heterocycles. The predicted molar refractivity (Wildman–Crippen MR) is 66.7 cm³/mol. The van der Waals surface area contributed by atoms with Crippen LogP contribution >= 0.6 is 11.6 Å². The SMILES string of the molecule is Nc1cc(N2CCS(=O)(=O)CC2)ccc1Cl. The van der Waals surface area contributed by atoms with E-state index in [1.807, 2.05) is 11.0 Å². The van der Waals surface area contributed by atoms with E-state index in [1.165, 1.54) is 0 Å². The molecule has 1 aromatic rings. The Labute approximate surface area is 99.9 Å². The Morgan fingerprint density at radius 3 is 2.44 bits per heavy atom. The molecule has 1 aromatic carbocycles. The lowest BCUT2D eigenvalue weighted by atomic mass is 10.2. The van der Waals surface area contributed by atoms with E-state index in [-0.39, 0.29) is 11.5 Å². The highest BCUT2D eigenvalue weighted by Gasteiger charge is 2.21. The minimum atomic E-state index is -2.84. The van der Waals surface area contributed by atoms with Crippen molar-refractivity contribution in [3.05, 3.63) is 23.2 Å². The van der Waals surface area contributed by atoms with Gasteiger partial charge in [-0.3, -0.25) is 0 Å². The molecule has 0 spiro atoms. The summed E-state index contributed by atoms with van der Waals surface area (Å²) < 4.78 is 22.6. The first-order chi connectivity index (χ1) is 7.48. The van der Waals surface area contributed by atoms with Crippen LogP contribution in [0.1, 0.15) is 0 Å². The van der Waals surface area contributed by atoms with Crippen LogP contribution in [-0.2, 0) is 9.84 Å². The molecule has 1 fully saturated rings. The van der Waals surface area contributed by atoms with Gasteiger partial charge in [-0.1, -0.05) is 11.6 Å². The van der Waals surface area contributed by atoms with Gasteiger partial charge < -0.3 is 10.6 Å². The van der Waals surface area contributed by atoms with E-state index in [0.29, 0.717) is 23.8 Å². The molecule has 6 heteroatoms. The van der Waals surface area contributed by atoms with E-state index < -0.39 is 9.84 Å². The van der Waals surface area contributed by atoms with Crippen molar-refractivity contribution in [2.75, 3.05) is 35.2 Å². The summed E-state index contributed by atoms with van der Waals surface area (Å²) in [6.07, 6.45) is 0. The first kappa shape index (κ1) is 11.5. The third-order valence-corrected chi connectivity index (χ3v) is 4.64. The van der Waals surface area contributed by atoms with E-state index in [1.54, 1.807) is 12.1 Å². The van der Waals surface area contributed by atoms with Crippen LogP contribution in [0.5, 0.6) is 0 Å². The molecule has 1 heterocycles. The van der Waals surface area contributed by atoms with E-state index in [4.69, 9.17) is 17.3 Å². The summed E-state index contributed by atoms with van der Waals surface area (Å²) in [6, 6.07) is 5.37. The van der Waals surface area contributed by atoms with Gasteiger partial charge in [-0.05, 0) is 18.2 Å². The molecule has 4 nitrogen and oxygen atoms in total. The number of benzene rings is 1. The van der Waals surface area contributed by atoms with E-state index in [2.05, 4.69) is 0 Å². The van der Waals surface area contributed by atoms with Crippen molar-refractivity contribution in [3.63, 3.8) is 0 Å². The number of halogens is 1. The number of nitrogens with zero attached hydrogens (tertiary/aromatic N) is 1. The topological polar surface area (TPSA) is 63.4 Å². The number of sulfone groups is 1. The number of hydrogen-bond acceptors (Lipinski definition) is 4. The molecule has 2 N–H and O–H groups in total. The molecule has 0 radical (unpaired) electrons. The van der Waals surface area contributed by atoms with E-state index in [0.717, 1.165) is 5.69 Å². The van der Waals surface area contributed by atoms with Gasteiger partial charge in [0.15, 0.2) is 9.84 Å². The molecular weight excluding hydrogens is 248 g/mol. The van der Waals surface area contributed by atoms with Gasteiger partial charge >= 0.3 is 0 Å². The molecule has 1 aliphatic heterocycles. The van der Waals surface area contributed by atoms with Crippen LogP contribution in [0.2, 0.25) is 5.02 Å². The Hall–Kier alpha value is -0.940. The molecule has 0 atom stereocenters. The van der Waals surface area contributed by atoms with Gasteiger partial charge in [0.05, 0.1) is 22.2 Å². The van der Waals surface area contributed by atoms with Crippen LogP contribution in [0.15, 0.2) is 18.2 Å². The van der Waals surface area contributed by atoms with Crippen molar-refractivity contribution in [2.45, 2.75) is 0 Å². The third-order valence-electron chi connectivity index (χ3n) is 2.69. The molecule has 88 valence electrons. The average Bonchev–Trinajstić information content (AvgIpc) is 2.22. The van der Waals surface area contributed by atoms with Crippen LogP contribution in [0.4, 0.5) is 11.4 Å². The van der Waals surface area contributed by atoms with Gasteiger partial charge in [-0.15, -0.1) is 0 Å². The second kappa shape index (κ2) is 4.14. The summed E-state index contributed by atoms with van der Waals surface area (Å²) in [5, 5.41) is 0.522. The fourth-order valence-electron chi connectivity index (χ4n) is 1.70. The highest BCUT2D eigenvalue weighted by Crippen LogP contribution is 2.25. The molecule has 0 aliphatic carbocycles. The van der Waals surface area contributed by atoms with Crippen LogP contribution < -0.4 is 10.6 Å². The quantitative estimate of drug-likeness (QED) is 0.770. The minimum absolute atomic E-state index is 0.204. The molecule has 16 heavy (non-hydrogen) atoms. The summed E-state index contributed by atoms with van der Waals surface area (Å²) >= 11 is 5.83. The lowest BCUT2D eigenvalue weighted by molar-refractivity contribution is 0.587. The summed E-state index contributed by atoms with van der Waals surface area (Å²) in [4.78, 5) is 2.01. The van der Waals surface area contributed by atoms with Gasteiger partial charge in [-0.2, -0.15) is 0 Å². The molecule has 0 unspecified atom stereocenters. The summed E-state index contributed by atoms with van der Waals surface area (Å²) in [5.74, 6) is 0.408. The Kier molecular flexibility index (Phi) is 2.99. The van der Waals surface area contributed by atoms with Crippen molar-refractivity contribution in [1.82, 2.24) is 0 Å². The number of hydrogen-bond donors (Lipinski definition) is 1. The van der Waals surface area contributed by atoms with Crippen molar-refractivity contribution >= 4 is 32.8 Å². The monoisotopic (exact) mass is 260 g/mol. The largest absolute Gasteiger partial charge is 0.397 e. The summed E-state index contributed by atoms with van der Waals surface area (Å²) in [5.41, 5.74) is 7.15. The fraction of sp³-hybridized carbons (Fsp3) is 0.400. The second-order valence-electron chi connectivity index (χ2n) is 3.84. The van der Waals surface area contributed by atoms with Gasteiger partial charge in [0, 0.05) is 18.8 Å². The van der Waals surface area contributed by atoms with Crippen molar-refractivity contribution in [1.29, 1.82) is 0 Å². The zero-order chi connectivity index (χ0) is 11.8. The van der Waals surface area contributed by atoms with Gasteiger partial charge in [0.25, 0.3) is 0 Å². The summed E-state index contributed by atoms with van der Waals surface area (Å²) in [6.45, 7) is 1.03. The zero-order valence-corrected chi connectivity index (χ0v) is 10.3. The molecule has 2 rings (SSSR count). The van der Waals surface area contributed by atoms with E-state index >= 15 is 0 Å². The number of nitrogens with two attached hydrogens (primary N) is 1.